The zero-order valence-corrected chi connectivity index (χ0v) is 21.2. The van der Waals surface area contributed by atoms with Crippen molar-refractivity contribution in [3.63, 3.8) is 0 Å². The molecule has 1 aromatic carbocycles. The number of nitrogens with zero attached hydrogens (tertiary/aromatic N) is 3. The lowest BCUT2D eigenvalue weighted by Crippen LogP contribution is -2.57. The molecule has 2 aliphatic heterocycles. The molecule has 1 atom stereocenters. The lowest BCUT2D eigenvalue weighted by molar-refractivity contribution is -0.140. The number of piperidine rings is 1. The molecule has 2 fully saturated rings. The van der Waals surface area contributed by atoms with Crippen LogP contribution in [0.5, 0.6) is 0 Å². The minimum absolute atomic E-state index is 0.0186. The second-order valence-electron chi connectivity index (χ2n) is 11.0. The van der Waals surface area contributed by atoms with Gasteiger partial charge in [-0.1, -0.05) is 52.0 Å². The molecular formula is C27H40N4O3. The molecule has 2 aliphatic rings. The van der Waals surface area contributed by atoms with Crippen molar-refractivity contribution >= 4 is 23.4 Å². The van der Waals surface area contributed by atoms with Crippen LogP contribution in [0.3, 0.4) is 0 Å². The standard InChI is InChI=1S/C27H40N4O3/c1-6-14-28-23(32)19-30-20-31(22-10-8-7-9-11-22)27(25(30)34)12-15-29(16-13-27)24(33)17-21(2)18-26(3,4)5/h6-11,21H,1,12-20H2,2-5H3,(H,28,32)/t21-/m1/s1. The molecule has 3 rings (SSSR count). The molecule has 0 bridgehead atoms. The summed E-state index contributed by atoms with van der Waals surface area (Å²) in [5.41, 5.74) is 0.427. The molecule has 7 nitrogen and oxygen atoms in total. The Balaban J connectivity index is 1.72. The maximum atomic E-state index is 13.7. The first kappa shape index (κ1) is 25.8. The largest absolute Gasteiger partial charge is 0.351 e. The van der Waals surface area contributed by atoms with Gasteiger partial charge in [0.2, 0.25) is 11.8 Å². The van der Waals surface area contributed by atoms with Crippen molar-refractivity contribution in [3.05, 3.63) is 43.0 Å². The maximum Gasteiger partial charge on any atom is 0.250 e. The Hall–Kier alpha value is -2.83. The van der Waals surface area contributed by atoms with E-state index in [1.165, 1.54) is 0 Å². The van der Waals surface area contributed by atoms with Gasteiger partial charge < -0.3 is 20.0 Å². The summed E-state index contributed by atoms with van der Waals surface area (Å²) >= 11 is 0. The highest BCUT2D eigenvalue weighted by Gasteiger charge is 2.54. The van der Waals surface area contributed by atoms with E-state index in [1.54, 1.807) is 11.0 Å². The Bertz CT molecular complexity index is 885. The first-order chi connectivity index (χ1) is 16.1. The van der Waals surface area contributed by atoms with Crippen LogP contribution in [0.2, 0.25) is 0 Å². The first-order valence-electron chi connectivity index (χ1n) is 12.3. The molecule has 2 saturated heterocycles. The number of carbonyl (C=O) groups excluding carboxylic acids is 3. The van der Waals surface area contributed by atoms with E-state index in [1.807, 2.05) is 35.2 Å². The van der Waals surface area contributed by atoms with Crippen LogP contribution in [0, 0.1) is 11.3 Å². The quantitative estimate of drug-likeness (QED) is 0.594. The second kappa shape index (κ2) is 10.6. The number of para-hydroxylation sites is 1. The summed E-state index contributed by atoms with van der Waals surface area (Å²) in [4.78, 5) is 44.7. The van der Waals surface area contributed by atoms with Gasteiger partial charge in [-0.05, 0) is 42.7 Å². The molecule has 186 valence electrons. The van der Waals surface area contributed by atoms with E-state index in [2.05, 4.69) is 44.5 Å². The summed E-state index contributed by atoms with van der Waals surface area (Å²) in [6, 6.07) is 9.88. The predicted octanol–water partition coefficient (Wildman–Crippen LogP) is 3.42. The minimum Gasteiger partial charge on any atom is -0.351 e. The Morgan fingerprint density at radius 1 is 1.18 bits per heavy atom. The van der Waals surface area contributed by atoms with E-state index in [0.717, 1.165) is 12.1 Å². The van der Waals surface area contributed by atoms with Crippen molar-refractivity contribution in [1.82, 2.24) is 15.1 Å². The number of nitrogens with one attached hydrogen (secondary N) is 1. The number of carbonyl (C=O) groups is 3. The third kappa shape index (κ3) is 5.99. The van der Waals surface area contributed by atoms with Gasteiger partial charge in [-0.3, -0.25) is 14.4 Å². The summed E-state index contributed by atoms with van der Waals surface area (Å²) in [6.07, 6.45) is 4.28. The first-order valence-corrected chi connectivity index (χ1v) is 12.3. The van der Waals surface area contributed by atoms with E-state index in [-0.39, 0.29) is 29.7 Å². The molecule has 34 heavy (non-hydrogen) atoms. The SMILES string of the molecule is C=CCNC(=O)CN1CN(c2ccccc2)C2(CCN(C(=O)C[C@@H](C)CC(C)(C)C)CC2)C1=O. The average molecular weight is 469 g/mol. The van der Waals surface area contributed by atoms with Crippen LogP contribution in [0.4, 0.5) is 5.69 Å². The van der Waals surface area contributed by atoms with Crippen LogP contribution >= 0.6 is 0 Å². The summed E-state index contributed by atoms with van der Waals surface area (Å²) < 4.78 is 0. The van der Waals surface area contributed by atoms with E-state index in [4.69, 9.17) is 0 Å². The zero-order valence-electron chi connectivity index (χ0n) is 21.2. The van der Waals surface area contributed by atoms with Gasteiger partial charge in [0.05, 0.1) is 6.67 Å². The number of anilines is 1. The van der Waals surface area contributed by atoms with E-state index in [0.29, 0.717) is 51.5 Å². The number of amides is 3. The summed E-state index contributed by atoms with van der Waals surface area (Å²) in [5.74, 6) is 0.267. The monoisotopic (exact) mass is 468 g/mol. The van der Waals surface area contributed by atoms with E-state index < -0.39 is 5.54 Å². The third-order valence-corrected chi connectivity index (χ3v) is 6.79. The van der Waals surface area contributed by atoms with Gasteiger partial charge in [0.25, 0.3) is 5.91 Å². The van der Waals surface area contributed by atoms with Gasteiger partial charge in [0.1, 0.15) is 12.1 Å². The molecule has 0 saturated carbocycles. The van der Waals surface area contributed by atoms with Gasteiger partial charge in [-0.2, -0.15) is 0 Å². The fourth-order valence-corrected chi connectivity index (χ4v) is 5.41. The number of hydrogen-bond donors (Lipinski definition) is 1. The Morgan fingerprint density at radius 2 is 1.82 bits per heavy atom. The molecule has 0 unspecified atom stereocenters. The average Bonchev–Trinajstić information content (AvgIpc) is 3.03. The molecule has 0 aromatic heterocycles. The van der Waals surface area contributed by atoms with Crippen molar-refractivity contribution in [2.75, 3.05) is 37.7 Å². The lowest BCUT2D eigenvalue weighted by Gasteiger charge is -2.43. The van der Waals surface area contributed by atoms with Gasteiger partial charge >= 0.3 is 0 Å². The van der Waals surface area contributed by atoms with Crippen molar-refractivity contribution in [2.24, 2.45) is 11.3 Å². The van der Waals surface area contributed by atoms with E-state index in [9.17, 15) is 14.4 Å². The molecule has 0 radical (unpaired) electrons. The summed E-state index contributed by atoms with van der Waals surface area (Å²) in [7, 11) is 0. The highest BCUT2D eigenvalue weighted by molar-refractivity contribution is 5.96. The van der Waals surface area contributed by atoms with Crippen LogP contribution in [-0.2, 0) is 14.4 Å². The lowest BCUT2D eigenvalue weighted by atomic mass is 9.83. The molecule has 1 aromatic rings. The molecule has 1 spiro atoms. The summed E-state index contributed by atoms with van der Waals surface area (Å²) in [5, 5.41) is 2.76. The van der Waals surface area contributed by atoms with Crippen LogP contribution in [0.1, 0.15) is 53.4 Å². The molecule has 1 N–H and O–H groups in total. The van der Waals surface area contributed by atoms with Crippen LogP contribution in [0.15, 0.2) is 43.0 Å². The molecule has 3 amide bonds. The molecular weight excluding hydrogens is 428 g/mol. The number of likely N-dealkylation sites (tertiary alicyclic amines) is 1. The number of hydrogen-bond acceptors (Lipinski definition) is 4. The fraction of sp³-hybridized carbons (Fsp3) is 0.593. The smallest absolute Gasteiger partial charge is 0.250 e. The minimum atomic E-state index is -0.728. The van der Waals surface area contributed by atoms with Gasteiger partial charge in [-0.25, -0.2) is 0 Å². The number of rotatable bonds is 8. The third-order valence-electron chi connectivity index (χ3n) is 6.79. The van der Waals surface area contributed by atoms with Crippen molar-refractivity contribution in [1.29, 1.82) is 0 Å². The second-order valence-corrected chi connectivity index (χ2v) is 11.0. The Morgan fingerprint density at radius 3 is 2.41 bits per heavy atom. The molecule has 2 heterocycles. The van der Waals surface area contributed by atoms with Crippen molar-refractivity contribution in [2.45, 2.75) is 58.9 Å². The highest BCUT2D eigenvalue weighted by Crippen LogP contribution is 2.39. The van der Waals surface area contributed by atoms with Crippen LogP contribution < -0.4 is 10.2 Å². The summed E-state index contributed by atoms with van der Waals surface area (Å²) in [6.45, 7) is 14.2. The van der Waals surface area contributed by atoms with E-state index >= 15 is 0 Å². The van der Waals surface area contributed by atoms with Crippen LogP contribution in [-0.4, -0.2) is 65.9 Å². The molecule has 7 heteroatoms. The number of benzene rings is 1. The normalized spacial score (nSPS) is 18.8. The Kier molecular flexibility index (Phi) is 8.05. The van der Waals surface area contributed by atoms with Crippen LogP contribution in [0.25, 0.3) is 0 Å². The zero-order chi connectivity index (χ0) is 24.9. The maximum absolute atomic E-state index is 13.7. The fourth-order valence-electron chi connectivity index (χ4n) is 5.41. The molecule has 0 aliphatic carbocycles. The van der Waals surface area contributed by atoms with Crippen molar-refractivity contribution < 1.29 is 14.4 Å². The van der Waals surface area contributed by atoms with Gasteiger partial charge in [-0.15, -0.1) is 6.58 Å². The highest BCUT2D eigenvalue weighted by atomic mass is 16.2. The topological polar surface area (TPSA) is 73.0 Å². The van der Waals surface area contributed by atoms with Crippen molar-refractivity contribution in [3.8, 4) is 0 Å². The predicted molar refractivity (Wildman–Crippen MR) is 135 cm³/mol. The van der Waals surface area contributed by atoms with Gasteiger partial charge in [0.15, 0.2) is 0 Å². The Labute approximate surface area is 204 Å². The van der Waals surface area contributed by atoms with Gasteiger partial charge in [0, 0.05) is 31.7 Å².